The van der Waals surface area contributed by atoms with Crippen molar-refractivity contribution in [1.82, 2.24) is 5.32 Å². The number of nitrogens with one attached hydrogen (secondary N) is 2. The molecule has 2 aromatic carbocycles. The molecule has 6 nitrogen and oxygen atoms in total. The van der Waals surface area contributed by atoms with Gasteiger partial charge in [0.2, 0.25) is 0 Å². The molecule has 0 unspecified atom stereocenters. The lowest BCUT2D eigenvalue weighted by atomic mass is 10.2. The lowest BCUT2D eigenvalue weighted by Crippen LogP contribution is -2.25. The summed E-state index contributed by atoms with van der Waals surface area (Å²) in [6, 6.07) is 9.09. The standard InChI is InChI=1S/C18H20ClFN2O4S/c1-2-26-11-3-10-21-18(23)13-4-6-14(7-5-13)22-27(24,25)15-8-9-17(20)16(19)12-15/h4-9,12,22H,2-3,10-11H2,1H3,(H,21,23). The summed E-state index contributed by atoms with van der Waals surface area (Å²) in [5.41, 5.74) is 0.669. The van der Waals surface area contributed by atoms with Gasteiger partial charge in [0.05, 0.1) is 9.92 Å². The number of hydrogen-bond donors (Lipinski definition) is 2. The third kappa shape index (κ3) is 6.20. The molecule has 0 radical (unpaired) electrons. The summed E-state index contributed by atoms with van der Waals surface area (Å²) in [5, 5.41) is 2.47. The van der Waals surface area contributed by atoms with Crippen molar-refractivity contribution >= 4 is 33.2 Å². The molecule has 0 saturated heterocycles. The Balaban J connectivity index is 1.98. The van der Waals surface area contributed by atoms with E-state index < -0.39 is 15.8 Å². The van der Waals surface area contributed by atoms with Gasteiger partial charge in [0.15, 0.2) is 0 Å². The maximum absolute atomic E-state index is 13.2. The minimum absolute atomic E-state index is 0.162. The Morgan fingerprint density at radius 3 is 2.52 bits per heavy atom. The molecule has 0 atom stereocenters. The minimum atomic E-state index is -3.92. The first-order valence-corrected chi connectivity index (χ1v) is 10.1. The van der Waals surface area contributed by atoms with E-state index in [1.54, 1.807) is 0 Å². The molecular weight excluding hydrogens is 395 g/mol. The predicted octanol–water partition coefficient (Wildman–Crippen LogP) is 3.44. The van der Waals surface area contributed by atoms with Crippen molar-refractivity contribution in [3.8, 4) is 0 Å². The van der Waals surface area contributed by atoms with Crippen molar-refractivity contribution in [2.45, 2.75) is 18.2 Å². The van der Waals surface area contributed by atoms with Gasteiger partial charge < -0.3 is 10.1 Å². The van der Waals surface area contributed by atoms with E-state index in [-0.39, 0.29) is 21.5 Å². The number of carbonyl (C=O) groups is 1. The number of halogens is 2. The smallest absolute Gasteiger partial charge is 0.261 e. The van der Waals surface area contributed by atoms with Gasteiger partial charge in [-0.2, -0.15) is 0 Å². The molecule has 2 N–H and O–H groups in total. The second-order valence-electron chi connectivity index (χ2n) is 5.57. The molecule has 0 aliphatic rings. The number of amides is 1. The Morgan fingerprint density at radius 1 is 1.19 bits per heavy atom. The Morgan fingerprint density at radius 2 is 1.89 bits per heavy atom. The number of hydrogen-bond acceptors (Lipinski definition) is 4. The summed E-state index contributed by atoms with van der Waals surface area (Å²) >= 11 is 5.63. The molecule has 0 bridgehead atoms. The maximum atomic E-state index is 13.2. The lowest BCUT2D eigenvalue weighted by Gasteiger charge is -2.10. The van der Waals surface area contributed by atoms with E-state index in [0.717, 1.165) is 18.2 Å². The van der Waals surface area contributed by atoms with Crippen LogP contribution < -0.4 is 10.0 Å². The van der Waals surface area contributed by atoms with Crippen LogP contribution in [0.25, 0.3) is 0 Å². The van der Waals surface area contributed by atoms with Gasteiger partial charge >= 0.3 is 0 Å². The van der Waals surface area contributed by atoms with Crippen LogP contribution in [-0.2, 0) is 14.8 Å². The van der Waals surface area contributed by atoms with Crippen molar-refractivity contribution in [3.05, 3.63) is 58.9 Å². The van der Waals surface area contributed by atoms with Gasteiger partial charge in [0.25, 0.3) is 15.9 Å². The fraction of sp³-hybridized carbons (Fsp3) is 0.278. The molecular formula is C18H20ClFN2O4S. The molecule has 9 heteroatoms. The van der Waals surface area contributed by atoms with E-state index >= 15 is 0 Å². The van der Waals surface area contributed by atoms with Gasteiger partial charge in [-0.05, 0) is 55.8 Å². The SMILES string of the molecule is CCOCCCNC(=O)c1ccc(NS(=O)(=O)c2ccc(F)c(Cl)c2)cc1. The highest BCUT2D eigenvalue weighted by Crippen LogP contribution is 2.22. The van der Waals surface area contributed by atoms with E-state index in [2.05, 4.69) is 10.0 Å². The quantitative estimate of drug-likeness (QED) is 0.615. The van der Waals surface area contributed by atoms with E-state index in [4.69, 9.17) is 16.3 Å². The monoisotopic (exact) mass is 414 g/mol. The summed E-state index contributed by atoms with van der Waals surface area (Å²) in [5.74, 6) is -0.960. The topological polar surface area (TPSA) is 84.5 Å². The van der Waals surface area contributed by atoms with Gasteiger partial charge in [-0.15, -0.1) is 0 Å². The first-order valence-electron chi connectivity index (χ1n) is 8.27. The summed E-state index contributed by atoms with van der Waals surface area (Å²) in [6.45, 7) is 3.60. The summed E-state index contributed by atoms with van der Waals surface area (Å²) in [4.78, 5) is 11.9. The fourth-order valence-corrected chi connectivity index (χ4v) is 3.50. The highest BCUT2D eigenvalue weighted by molar-refractivity contribution is 7.92. The molecule has 146 valence electrons. The van der Waals surface area contributed by atoms with Gasteiger partial charge in [-0.25, -0.2) is 12.8 Å². The molecule has 2 rings (SSSR count). The number of anilines is 1. The van der Waals surface area contributed by atoms with E-state index in [0.29, 0.717) is 31.7 Å². The first-order chi connectivity index (χ1) is 12.8. The summed E-state index contributed by atoms with van der Waals surface area (Å²) < 4.78 is 45.4. The Bertz CT molecular complexity index is 889. The number of ether oxygens (including phenoxy) is 1. The van der Waals surface area contributed by atoms with Crippen LogP contribution in [0.3, 0.4) is 0 Å². The zero-order valence-electron chi connectivity index (χ0n) is 14.7. The average molecular weight is 415 g/mol. The molecule has 0 aromatic heterocycles. The van der Waals surface area contributed by atoms with Crippen LogP contribution in [0.5, 0.6) is 0 Å². The number of rotatable bonds is 9. The van der Waals surface area contributed by atoms with Crippen LogP contribution in [0.15, 0.2) is 47.4 Å². The van der Waals surface area contributed by atoms with Crippen molar-refractivity contribution in [2.75, 3.05) is 24.5 Å². The van der Waals surface area contributed by atoms with Gasteiger partial charge in [0, 0.05) is 31.0 Å². The molecule has 27 heavy (non-hydrogen) atoms. The van der Waals surface area contributed by atoms with Crippen LogP contribution in [0.2, 0.25) is 5.02 Å². The lowest BCUT2D eigenvalue weighted by molar-refractivity contribution is 0.0944. The molecule has 0 heterocycles. The van der Waals surface area contributed by atoms with Crippen molar-refractivity contribution in [3.63, 3.8) is 0 Å². The number of carbonyl (C=O) groups excluding carboxylic acids is 1. The second-order valence-corrected chi connectivity index (χ2v) is 7.65. The molecule has 0 aliphatic carbocycles. The Hall–Kier alpha value is -2.16. The Labute approximate surface area is 162 Å². The van der Waals surface area contributed by atoms with Crippen LogP contribution in [-0.4, -0.2) is 34.1 Å². The van der Waals surface area contributed by atoms with Crippen LogP contribution in [0.4, 0.5) is 10.1 Å². The average Bonchev–Trinajstić information content (AvgIpc) is 2.64. The third-order valence-corrected chi connectivity index (χ3v) is 5.22. The fourth-order valence-electron chi connectivity index (χ4n) is 2.17. The van der Waals surface area contributed by atoms with Crippen molar-refractivity contribution in [2.24, 2.45) is 0 Å². The van der Waals surface area contributed by atoms with Crippen LogP contribution >= 0.6 is 11.6 Å². The number of sulfonamides is 1. The highest BCUT2D eigenvalue weighted by Gasteiger charge is 2.16. The maximum Gasteiger partial charge on any atom is 0.261 e. The van der Waals surface area contributed by atoms with E-state index in [1.807, 2.05) is 6.92 Å². The van der Waals surface area contributed by atoms with Crippen LogP contribution in [0.1, 0.15) is 23.7 Å². The van der Waals surface area contributed by atoms with Gasteiger partial charge in [-0.3, -0.25) is 9.52 Å². The molecule has 1 amide bonds. The van der Waals surface area contributed by atoms with E-state index in [9.17, 15) is 17.6 Å². The van der Waals surface area contributed by atoms with Gasteiger partial charge in [0.1, 0.15) is 5.82 Å². The minimum Gasteiger partial charge on any atom is -0.382 e. The summed E-state index contributed by atoms with van der Waals surface area (Å²) in [6.07, 6.45) is 0.706. The predicted molar refractivity (Wildman–Crippen MR) is 102 cm³/mol. The summed E-state index contributed by atoms with van der Waals surface area (Å²) in [7, 11) is -3.92. The molecule has 0 aliphatic heterocycles. The zero-order chi connectivity index (χ0) is 19.9. The highest BCUT2D eigenvalue weighted by atomic mass is 35.5. The third-order valence-electron chi connectivity index (χ3n) is 3.56. The largest absolute Gasteiger partial charge is 0.382 e. The van der Waals surface area contributed by atoms with Crippen molar-refractivity contribution in [1.29, 1.82) is 0 Å². The van der Waals surface area contributed by atoms with Crippen LogP contribution in [0, 0.1) is 5.82 Å². The Kier molecular flexibility index (Phi) is 7.58. The number of benzene rings is 2. The van der Waals surface area contributed by atoms with Crippen molar-refractivity contribution < 1.29 is 22.3 Å². The first kappa shape index (κ1) is 21.1. The second kappa shape index (κ2) is 9.68. The molecule has 0 saturated carbocycles. The van der Waals surface area contributed by atoms with E-state index in [1.165, 1.54) is 24.3 Å². The molecule has 0 spiro atoms. The molecule has 0 fully saturated rings. The normalized spacial score (nSPS) is 11.2. The van der Waals surface area contributed by atoms with Gasteiger partial charge in [-0.1, -0.05) is 11.6 Å². The molecule has 2 aromatic rings. The zero-order valence-corrected chi connectivity index (χ0v) is 16.2.